The first-order chi connectivity index (χ1) is 14.8. The van der Waals surface area contributed by atoms with E-state index in [1.165, 1.54) is 10.4 Å². The molecule has 2 aromatic rings. The molecule has 4 nitrogen and oxygen atoms in total. The second-order valence-electron chi connectivity index (χ2n) is 8.88. The highest BCUT2D eigenvalue weighted by atomic mass is 32.1. The van der Waals surface area contributed by atoms with Crippen molar-refractivity contribution in [3.8, 4) is 11.8 Å². The first-order valence-electron chi connectivity index (χ1n) is 11.1. The quantitative estimate of drug-likeness (QED) is 0.504. The van der Waals surface area contributed by atoms with E-state index >= 15 is 0 Å². The first-order valence-corrected chi connectivity index (χ1v) is 11.9. The van der Waals surface area contributed by atoms with Crippen LogP contribution in [-0.2, 0) is 22.5 Å². The molecule has 1 aromatic heterocycles. The Morgan fingerprint density at radius 3 is 2.74 bits per heavy atom. The molecule has 0 aliphatic carbocycles. The lowest BCUT2D eigenvalue weighted by Crippen LogP contribution is -2.48. The SMILES string of the molecule is CCOC(=O)C1(CCc2ccccc2)CCCN(Cc2ccc(C#CC(C)(C)O)s2)C1. The zero-order chi connectivity index (χ0) is 22.3. The van der Waals surface area contributed by atoms with Crippen molar-refractivity contribution in [3.63, 3.8) is 0 Å². The number of benzene rings is 1. The van der Waals surface area contributed by atoms with Gasteiger partial charge < -0.3 is 9.84 Å². The van der Waals surface area contributed by atoms with Crippen molar-refractivity contribution in [1.82, 2.24) is 4.90 Å². The predicted molar refractivity (Wildman–Crippen MR) is 126 cm³/mol. The lowest BCUT2D eigenvalue weighted by molar-refractivity contribution is -0.160. The standard InChI is InChI=1S/C26H33NO3S/c1-4-30-24(28)26(17-13-21-9-6-5-7-10-21)15-8-18-27(20-26)19-23-12-11-22(31-23)14-16-25(2,3)29/h5-7,9-12,29H,4,8,13,15,17-20H2,1-3H3. The van der Waals surface area contributed by atoms with Crippen molar-refractivity contribution in [2.24, 2.45) is 5.41 Å². The monoisotopic (exact) mass is 439 g/mol. The number of likely N-dealkylation sites (tertiary alicyclic amines) is 1. The maximum absolute atomic E-state index is 13.0. The number of piperidine rings is 1. The zero-order valence-corrected chi connectivity index (χ0v) is 19.6. The Bertz CT molecular complexity index is 919. The average Bonchev–Trinajstić information content (AvgIpc) is 3.19. The maximum atomic E-state index is 13.0. The van der Waals surface area contributed by atoms with E-state index in [2.05, 4.69) is 47.1 Å². The van der Waals surface area contributed by atoms with E-state index in [4.69, 9.17) is 4.74 Å². The average molecular weight is 440 g/mol. The van der Waals surface area contributed by atoms with Crippen LogP contribution in [0.1, 0.15) is 55.4 Å². The lowest BCUT2D eigenvalue weighted by atomic mass is 9.75. The summed E-state index contributed by atoms with van der Waals surface area (Å²) < 4.78 is 5.53. The van der Waals surface area contributed by atoms with Gasteiger partial charge in [-0.3, -0.25) is 9.69 Å². The van der Waals surface area contributed by atoms with E-state index in [-0.39, 0.29) is 5.97 Å². The fourth-order valence-electron chi connectivity index (χ4n) is 4.11. The molecule has 166 valence electrons. The zero-order valence-electron chi connectivity index (χ0n) is 18.8. The lowest BCUT2D eigenvalue weighted by Gasteiger charge is -2.41. The normalized spacial score (nSPS) is 19.5. The molecule has 1 aliphatic heterocycles. The van der Waals surface area contributed by atoms with Gasteiger partial charge in [-0.25, -0.2) is 0 Å². The summed E-state index contributed by atoms with van der Waals surface area (Å²) in [4.78, 5) is 17.6. The third-order valence-corrected chi connectivity index (χ3v) is 6.62. The summed E-state index contributed by atoms with van der Waals surface area (Å²) in [7, 11) is 0. The summed E-state index contributed by atoms with van der Waals surface area (Å²) in [5.74, 6) is 5.87. The van der Waals surface area contributed by atoms with E-state index in [0.29, 0.717) is 6.61 Å². The van der Waals surface area contributed by atoms with E-state index in [0.717, 1.165) is 50.2 Å². The predicted octanol–water partition coefficient (Wildman–Crippen LogP) is 4.65. The van der Waals surface area contributed by atoms with Gasteiger partial charge in [-0.05, 0) is 70.7 Å². The van der Waals surface area contributed by atoms with E-state index in [1.54, 1.807) is 25.2 Å². The Labute approximate surface area is 190 Å². The minimum absolute atomic E-state index is 0.0569. The van der Waals surface area contributed by atoms with E-state index in [1.807, 2.05) is 19.1 Å². The number of thiophene rings is 1. The van der Waals surface area contributed by atoms with Crippen LogP contribution in [0.15, 0.2) is 42.5 Å². The van der Waals surface area contributed by atoms with Crippen molar-refractivity contribution >= 4 is 17.3 Å². The van der Waals surface area contributed by atoms with E-state index in [9.17, 15) is 9.90 Å². The topological polar surface area (TPSA) is 49.8 Å². The Morgan fingerprint density at radius 2 is 2.03 bits per heavy atom. The van der Waals surface area contributed by atoms with Crippen LogP contribution in [0.5, 0.6) is 0 Å². The van der Waals surface area contributed by atoms with Crippen molar-refractivity contribution in [2.75, 3.05) is 19.7 Å². The Balaban J connectivity index is 1.70. The van der Waals surface area contributed by atoms with Crippen LogP contribution in [0.3, 0.4) is 0 Å². The molecule has 1 saturated heterocycles. The van der Waals surface area contributed by atoms with Gasteiger partial charge in [0.25, 0.3) is 0 Å². The van der Waals surface area contributed by atoms with Gasteiger partial charge in [-0.15, -0.1) is 11.3 Å². The fourth-order valence-corrected chi connectivity index (χ4v) is 5.02. The summed E-state index contributed by atoms with van der Waals surface area (Å²) in [6.45, 7) is 8.18. The number of ether oxygens (including phenoxy) is 1. The molecular weight excluding hydrogens is 406 g/mol. The third-order valence-electron chi connectivity index (χ3n) is 5.63. The Morgan fingerprint density at radius 1 is 1.26 bits per heavy atom. The van der Waals surface area contributed by atoms with Crippen molar-refractivity contribution in [3.05, 3.63) is 57.8 Å². The highest BCUT2D eigenvalue weighted by Gasteiger charge is 2.43. The van der Waals surface area contributed by atoms with Crippen LogP contribution in [-0.4, -0.2) is 41.3 Å². The van der Waals surface area contributed by atoms with Crippen molar-refractivity contribution < 1.29 is 14.6 Å². The minimum atomic E-state index is -0.991. The minimum Gasteiger partial charge on any atom is -0.466 e. The highest BCUT2D eigenvalue weighted by Crippen LogP contribution is 2.37. The number of aryl methyl sites for hydroxylation is 1. The molecule has 5 heteroatoms. The van der Waals surface area contributed by atoms with Crippen LogP contribution in [0.25, 0.3) is 0 Å². The molecular formula is C26H33NO3S. The number of hydrogen-bond acceptors (Lipinski definition) is 5. The molecule has 0 saturated carbocycles. The van der Waals surface area contributed by atoms with Gasteiger partial charge in [0.05, 0.1) is 16.9 Å². The van der Waals surface area contributed by atoms with Crippen LogP contribution < -0.4 is 0 Å². The number of rotatable bonds is 7. The highest BCUT2D eigenvalue weighted by molar-refractivity contribution is 7.12. The second kappa shape index (κ2) is 10.5. The van der Waals surface area contributed by atoms with Gasteiger partial charge in [-0.2, -0.15) is 0 Å². The van der Waals surface area contributed by atoms with Gasteiger partial charge in [-0.1, -0.05) is 42.2 Å². The number of carbonyl (C=O) groups is 1. The molecule has 0 radical (unpaired) electrons. The molecule has 31 heavy (non-hydrogen) atoms. The molecule has 3 rings (SSSR count). The molecule has 1 fully saturated rings. The van der Waals surface area contributed by atoms with Gasteiger partial charge in [0.15, 0.2) is 0 Å². The van der Waals surface area contributed by atoms with Crippen molar-refractivity contribution in [1.29, 1.82) is 0 Å². The molecule has 0 bridgehead atoms. The molecule has 1 unspecified atom stereocenters. The maximum Gasteiger partial charge on any atom is 0.313 e. The summed E-state index contributed by atoms with van der Waals surface area (Å²) in [6.07, 6.45) is 3.55. The Kier molecular flexibility index (Phi) is 7.94. The third kappa shape index (κ3) is 6.93. The van der Waals surface area contributed by atoms with Crippen LogP contribution >= 0.6 is 11.3 Å². The number of aliphatic hydroxyl groups is 1. The second-order valence-corrected chi connectivity index (χ2v) is 10.0. The van der Waals surface area contributed by atoms with E-state index < -0.39 is 11.0 Å². The van der Waals surface area contributed by atoms with Gasteiger partial charge in [0, 0.05) is 18.0 Å². The van der Waals surface area contributed by atoms with Crippen molar-refractivity contribution in [2.45, 2.75) is 58.6 Å². The number of hydrogen-bond donors (Lipinski definition) is 1. The van der Waals surface area contributed by atoms with Crippen LogP contribution in [0.2, 0.25) is 0 Å². The largest absolute Gasteiger partial charge is 0.466 e. The summed E-state index contributed by atoms with van der Waals surface area (Å²) >= 11 is 1.65. The molecule has 2 heterocycles. The van der Waals surface area contributed by atoms with Gasteiger partial charge in [0.1, 0.15) is 5.60 Å². The number of esters is 1. The van der Waals surface area contributed by atoms with Gasteiger partial charge in [0.2, 0.25) is 0 Å². The molecule has 0 amide bonds. The van der Waals surface area contributed by atoms with Gasteiger partial charge >= 0.3 is 5.97 Å². The summed E-state index contributed by atoms with van der Waals surface area (Å²) in [6, 6.07) is 14.5. The number of nitrogens with zero attached hydrogens (tertiary/aromatic N) is 1. The smallest absolute Gasteiger partial charge is 0.313 e. The molecule has 1 aromatic carbocycles. The first kappa shape index (κ1) is 23.5. The summed E-state index contributed by atoms with van der Waals surface area (Å²) in [5.41, 5.74) is -0.184. The molecule has 0 spiro atoms. The molecule has 1 aliphatic rings. The Hall–Kier alpha value is -2.13. The number of carbonyl (C=O) groups excluding carboxylic acids is 1. The van der Waals surface area contributed by atoms with Crippen LogP contribution in [0, 0.1) is 17.3 Å². The van der Waals surface area contributed by atoms with Crippen LogP contribution in [0.4, 0.5) is 0 Å². The summed E-state index contributed by atoms with van der Waals surface area (Å²) in [5, 5.41) is 9.81. The molecule has 1 N–H and O–H groups in total. The fraction of sp³-hybridized carbons (Fsp3) is 0.500. The molecule has 1 atom stereocenters.